The highest BCUT2D eigenvalue weighted by Gasteiger charge is 2.34. The number of rotatable bonds is 2. The third kappa shape index (κ3) is 3.81. The molecule has 0 radical (unpaired) electrons. The van der Waals surface area contributed by atoms with Crippen LogP contribution in [0, 0.1) is 5.92 Å². The highest BCUT2D eigenvalue weighted by atomic mass is 16.2. The molecule has 1 amide bonds. The normalized spacial score (nSPS) is 24.0. The van der Waals surface area contributed by atoms with Gasteiger partial charge < -0.3 is 4.90 Å². The van der Waals surface area contributed by atoms with Gasteiger partial charge in [-0.1, -0.05) is 37.3 Å². The smallest absolute Gasteiger partial charge is 0.276 e. The largest absolute Gasteiger partial charge is 0.334 e. The summed E-state index contributed by atoms with van der Waals surface area (Å²) in [6.45, 7) is 7.11. The summed E-state index contributed by atoms with van der Waals surface area (Å²) in [6, 6.07) is 0.403. The quantitative estimate of drug-likeness (QED) is 0.822. The van der Waals surface area contributed by atoms with Crippen LogP contribution in [0.15, 0.2) is 6.20 Å². The van der Waals surface area contributed by atoms with E-state index in [1.54, 1.807) is 4.68 Å². The zero-order chi connectivity index (χ0) is 17.2. The van der Waals surface area contributed by atoms with Crippen LogP contribution in [0.1, 0.15) is 89.0 Å². The molecule has 0 N–H and O–H groups in total. The highest BCUT2D eigenvalue weighted by molar-refractivity contribution is 5.92. The van der Waals surface area contributed by atoms with Gasteiger partial charge in [-0.3, -0.25) is 4.79 Å². The maximum Gasteiger partial charge on any atom is 0.276 e. The fraction of sp³-hybridized carbons (Fsp3) is 0.842. The van der Waals surface area contributed by atoms with E-state index in [1.807, 2.05) is 6.20 Å². The van der Waals surface area contributed by atoms with Gasteiger partial charge in [0.05, 0.1) is 11.7 Å². The van der Waals surface area contributed by atoms with Crippen molar-refractivity contribution >= 4 is 5.91 Å². The first-order chi connectivity index (χ1) is 11.5. The molecule has 134 valence electrons. The van der Waals surface area contributed by atoms with E-state index >= 15 is 0 Å². The number of likely N-dealkylation sites (tertiary alicyclic amines) is 1. The third-order valence-corrected chi connectivity index (χ3v) is 5.65. The minimum absolute atomic E-state index is 0.0861. The molecule has 1 aliphatic carbocycles. The minimum atomic E-state index is -0.146. The fourth-order valence-electron chi connectivity index (χ4n) is 4.23. The standard InChI is InChI=1S/C19H32N4O/c1-19(2,3)23-14-16(20-21-23)18(24)22-13-9-5-8-12-17(22)15-10-6-4-7-11-15/h14-15,17H,4-13H2,1-3H3/t17-/m1/s1. The lowest BCUT2D eigenvalue weighted by Gasteiger charge is -2.37. The van der Waals surface area contributed by atoms with Crippen molar-refractivity contribution < 1.29 is 4.79 Å². The highest BCUT2D eigenvalue weighted by Crippen LogP contribution is 2.33. The van der Waals surface area contributed by atoms with Gasteiger partial charge in [-0.05, 0) is 52.4 Å². The molecule has 1 saturated carbocycles. The summed E-state index contributed by atoms with van der Waals surface area (Å²) in [5, 5.41) is 8.37. The molecule has 1 aromatic rings. The van der Waals surface area contributed by atoms with Crippen LogP contribution in [-0.4, -0.2) is 38.4 Å². The number of nitrogens with zero attached hydrogens (tertiary/aromatic N) is 4. The Kier molecular flexibility index (Phi) is 5.26. The second-order valence-electron chi connectivity index (χ2n) is 8.53. The van der Waals surface area contributed by atoms with Crippen LogP contribution >= 0.6 is 0 Å². The predicted molar refractivity (Wildman–Crippen MR) is 94.9 cm³/mol. The summed E-state index contributed by atoms with van der Waals surface area (Å²) in [5.74, 6) is 0.765. The lowest BCUT2D eigenvalue weighted by Crippen LogP contribution is -2.45. The van der Waals surface area contributed by atoms with Gasteiger partial charge in [0.2, 0.25) is 0 Å². The van der Waals surface area contributed by atoms with Crippen LogP contribution in [0.4, 0.5) is 0 Å². The van der Waals surface area contributed by atoms with Crippen LogP contribution in [-0.2, 0) is 5.54 Å². The molecule has 0 bridgehead atoms. The molecule has 3 rings (SSSR count). The summed E-state index contributed by atoms with van der Waals surface area (Å²) in [5.41, 5.74) is 0.361. The first kappa shape index (κ1) is 17.4. The van der Waals surface area contributed by atoms with E-state index in [0.29, 0.717) is 17.7 Å². The zero-order valence-corrected chi connectivity index (χ0v) is 15.5. The van der Waals surface area contributed by atoms with Crippen LogP contribution in [0.3, 0.4) is 0 Å². The second-order valence-corrected chi connectivity index (χ2v) is 8.53. The van der Waals surface area contributed by atoms with E-state index in [9.17, 15) is 4.79 Å². The Morgan fingerprint density at radius 1 is 1.04 bits per heavy atom. The molecule has 1 aromatic heterocycles. The summed E-state index contributed by atoms with van der Waals surface area (Å²) < 4.78 is 1.80. The van der Waals surface area contributed by atoms with Crippen molar-refractivity contribution in [1.82, 2.24) is 19.9 Å². The van der Waals surface area contributed by atoms with Gasteiger partial charge in [-0.2, -0.15) is 0 Å². The van der Waals surface area contributed by atoms with Crippen molar-refractivity contribution in [3.8, 4) is 0 Å². The van der Waals surface area contributed by atoms with Gasteiger partial charge in [-0.25, -0.2) is 4.68 Å². The van der Waals surface area contributed by atoms with E-state index in [4.69, 9.17) is 0 Å². The molecule has 2 fully saturated rings. The molecule has 1 aliphatic heterocycles. The maximum absolute atomic E-state index is 13.2. The Morgan fingerprint density at radius 2 is 1.71 bits per heavy atom. The number of hydrogen-bond acceptors (Lipinski definition) is 3. The van der Waals surface area contributed by atoms with Crippen molar-refractivity contribution in [2.75, 3.05) is 6.54 Å². The Bertz CT molecular complexity index is 554. The summed E-state index contributed by atoms with van der Waals surface area (Å²) >= 11 is 0. The first-order valence-electron chi connectivity index (χ1n) is 9.70. The third-order valence-electron chi connectivity index (χ3n) is 5.65. The molecule has 2 aliphatic rings. The topological polar surface area (TPSA) is 51.0 Å². The van der Waals surface area contributed by atoms with Crippen LogP contribution in [0.5, 0.6) is 0 Å². The minimum Gasteiger partial charge on any atom is -0.334 e. The fourth-order valence-corrected chi connectivity index (χ4v) is 4.23. The van der Waals surface area contributed by atoms with E-state index in [1.165, 1.54) is 44.9 Å². The Morgan fingerprint density at radius 3 is 2.38 bits per heavy atom. The lowest BCUT2D eigenvalue weighted by molar-refractivity contribution is 0.0569. The summed E-state index contributed by atoms with van der Waals surface area (Å²) in [7, 11) is 0. The molecular weight excluding hydrogens is 300 g/mol. The Hall–Kier alpha value is -1.39. The van der Waals surface area contributed by atoms with Crippen molar-refractivity contribution in [3.05, 3.63) is 11.9 Å². The van der Waals surface area contributed by atoms with Crippen LogP contribution < -0.4 is 0 Å². The summed E-state index contributed by atoms with van der Waals surface area (Å²) in [4.78, 5) is 15.3. The number of amides is 1. The average molecular weight is 332 g/mol. The number of carbonyl (C=O) groups excluding carboxylic acids is 1. The molecule has 2 heterocycles. The average Bonchev–Trinajstić information content (AvgIpc) is 2.94. The van der Waals surface area contributed by atoms with Crippen LogP contribution in [0.25, 0.3) is 0 Å². The molecule has 1 saturated heterocycles. The Balaban J connectivity index is 1.80. The lowest BCUT2D eigenvalue weighted by atomic mass is 9.81. The van der Waals surface area contributed by atoms with Gasteiger partial charge in [0.15, 0.2) is 5.69 Å². The van der Waals surface area contributed by atoms with E-state index in [0.717, 1.165) is 19.4 Å². The van der Waals surface area contributed by atoms with E-state index in [2.05, 4.69) is 36.0 Å². The molecule has 0 aromatic carbocycles. The molecular formula is C19H32N4O. The molecule has 24 heavy (non-hydrogen) atoms. The van der Waals surface area contributed by atoms with Crippen molar-refractivity contribution in [2.24, 2.45) is 5.92 Å². The van der Waals surface area contributed by atoms with E-state index < -0.39 is 0 Å². The first-order valence-corrected chi connectivity index (χ1v) is 9.70. The number of hydrogen-bond donors (Lipinski definition) is 0. The van der Waals surface area contributed by atoms with Gasteiger partial charge >= 0.3 is 0 Å². The predicted octanol–water partition coefficient (Wildman–Crippen LogP) is 4.00. The van der Waals surface area contributed by atoms with Gasteiger partial charge in [0, 0.05) is 12.6 Å². The van der Waals surface area contributed by atoms with Crippen molar-refractivity contribution in [1.29, 1.82) is 0 Å². The summed E-state index contributed by atoms with van der Waals surface area (Å²) in [6.07, 6.45) is 13.1. The SMILES string of the molecule is CC(C)(C)n1cc(C(=O)N2CCCCC[C@@H]2C2CCCCC2)nn1. The van der Waals surface area contributed by atoms with Gasteiger partial charge in [0.25, 0.3) is 5.91 Å². The van der Waals surface area contributed by atoms with Gasteiger partial charge in [0.1, 0.15) is 0 Å². The number of carbonyl (C=O) groups is 1. The molecule has 0 spiro atoms. The molecule has 5 heteroatoms. The second kappa shape index (κ2) is 7.24. The molecule has 1 atom stereocenters. The van der Waals surface area contributed by atoms with E-state index in [-0.39, 0.29) is 11.4 Å². The van der Waals surface area contributed by atoms with Gasteiger partial charge in [-0.15, -0.1) is 5.10 Å². The number of aromatic nitrogens is 3. The maximum atomic E-state index is 13.2. The van der Waals surface area contributed by atoms with Crippen LogP contribution in [0.2, 0.25) is 0 Å². The molecule has 5 nitrogen and oxygen atoms in total. The zero-order valence-electron chi connectivity index (χ0n) is 15.5. The molecule has 0 unspecified atom stereocenters. The monoisotopic (exact) mass is 332 g/mol. The van der Waals surface area contributed by atoms with Crippen molar-refractivity contribution in [3.63, 3.8) is 0 Å². The van der Waals surface area contributed by atoms with Crippen molar-refractivity contribution in [2.45, 2.75) is 90.1 Å². The Labute approximate surface area is 145 Å².